The second-order valence-electron chi connectivity index (χ2n) is 7.53. The number of aryl methyl sites for hydroxylation is 1. The smallest absolute Gasteiger partial charge is 0.260 e. The van der Waals surface area contributed by atoms with E-state index in [0.717, 1.165) is 33.3 Å². The molecule has 0 unspecified atom stereocenters. The number of carbonyl (C=O) groups is 1. The Morgan fingerprint density at radius 1 is 1.09 bits per heavy atom. The number of fused-ring (bicyclic) bond motifs is 2. The Hall–Kier alpha value is -4.19. The highest BCUT2D eigenvalue weighted by Crippen LogP contribution is 2.31. The molecule has 32 heavy (non-hydrogen) atoms. The molecular weight excluding hydrogens is 400 g/mol. The van der Waals surface area contributed by atoms with E-state index in [2.05, 4.69) is 15.3 Å². The normalized spacial score (nSPS) is 11.1. The molecule has 1 amide bonds. The molecular formula is C26H22N4O2. The molecule has 0 radical (unpaired) electrons. The van der Waals surface area contributed by atoms with Gasteiger partial charge in [-0.2, -0.15) is 0 Å². The summed E-state index contributed by atoms with van der Waals surface area (Å²) >= 11 is 0. The maximum absolute atomic E-state index is 13.4. The third-order valence-corrected chi connectivity index (χ3v) is 5.43. The molecule has 3 aromatic carbocycles. The van der Waals surface area contributed by atoms with E-state index < -0.39 is 0 Å². The molecule has 5 rings (SSSR count). The van der Waals surface area contributed by atoms with Crippen LogP contribution in [0, 0.1) is 6.92 Å². The molecule has 0 fully saturated rings. The predicted octanol–water partition coefficient (Wildman–Crippen LogP) is 5.51. The Morgan fingerprint density at radius 2 is 1.97 bits per heavy atom. The first-order valence-electron chi connectivity index (χ1n) is 10.5. The lowest BCUT2D eigenvalue weighted by molar-refractivity contribution is 0.102. The van der Waals surface area contributed by atoms with Gasteiger partial charge in [-0.15, -0.1) is 0 Å². The molecule has 2 heterocycles. The molecule has 0 aliphatic rings. The Bertz CT molecular complexity index is 1420. The largest absolute Gasteiger partial charge is 0.493 e. The summed E-state index contributed by atoms with van der Waals surface area (Å²) in [5.41, 5.74) is 3.92. The number of rotatable bonds is 5. The van der Waals surface area contributed by atoms with E-state index in [0.29, 0.717) is 23.7 Å². The molecule has 0 atom stereocenters. The second-order valence-corrected chi connectivity index (χ2v) is 7.53. The van der Waals surface area contributed by atoms with Crippen LogP contribution in [0.25, 0.3) is 27.8 Å². The second kappa shape index (κ2) is 8.15. The van der Waals surface area contributed by atoms with Crippen LogP contribution in [0.3, 0.4) is 0 Å². The number of nitrogens with one attached hydrogen (secondary N) is 1. The van der Waals surface area contributed by atoms with E-state index in [1.165, 1.54) is 0 Å². The van der Waals surface area contributed by atoms with Crippen LogP contribution in [0.1, 0.15) is 22.8 Å². The third-order valence-electron chi connectivity index (χ3n) is 5.43. The lowest BCUT2D eigenvalue weighted by Crippen LogP contribution is -2.15. The van der Waals surface area contributed by atoms with Gasteiger partial charge in [0.05, 0.1) is 17.9 Å². The maximum Gasteiger partial charge on any atom is 0.260 e. The van der Waals surface area contributed by atoms with Crippen LogP contribution >= 0.6 is 0 Å². The van der Waals surface area contributed by atoms with E-state index in [1.807, 2.05) is 91.3 Å². The first kappa shape index (κ1) is 19.8. The molecule has 1 N–H and O–H groups in total. The zero-order valence-corrected chi connectivity index (χ0v) is 17.9. The molecule has 0 aliphatic carbocycles. The molecule has 0 aliphatic heterocycles. The van der Waals surface area contributed by atoms with Crippen molar-refractivity contribution in [1.82, 2.24) is 14.4 Å². The van der Waals surface area contributed by atoms with Crippen molar-refractivity contribution >= 4 is 28.1 Å². The Kier molecular flexibility index (Phi) is 5.03. The number of hydrogen-bond acceptors (Lipinski definition) is 4. The van der Waals surface area contributed by atoms with Crippen molar-refractivity contribution < 1.29 is 9.53 Å². The highest BCUT2D eigenvalue weighted by molar-refractivity contribution is 6.15. The predicted molar refractivity (Wildman–Crippen MR) is 126 cm³/mol. The molecule has 0 bridgehead atoms. The van der Waals surface area contributed by atoms with Crippen LogP contribution in [0.15, 0.2) is 79.3 Å². The van der Waals surface area contributed by atoms with Crippen molar-refractivity contribution in [2.75, 3.05) is 11.9 Å². The van der Waals surface area contributed by atoms with Gasteiger partial charge in [-0.3, -0.25) is 9.20 Å². The highest BCUT2D eigenvalue weighted by Gasteiger charge is 2.18. The van der Waals surface area contributed by atoms with Gasteiger partial charge in [0, 0.05) is 29.8 Å². The highest BCUT2D eigenvalue weighted by atomic mass is 16.5. The number of carbonyl (C=O) groups excluding carboxylic acids is 1. The van der Waals surface area contributed by atoms with Gasteiger partial charge in [0.25, 0.3) is 5.91 Å². The summed E-state index contributed by atoms with van der Waals surface area (Å²) in [5, 5.41) is 4.94. The fraction of sp³-hybridized carbons (Fsp3) is 0.115. The number of aromatic nitrogens is 3. The SMILES string of the molecule is CCOc1ccc2ccccc2c1C(=O)Nc1cc(-c2cn3cccnc3n2)ccc1C. The van der Waals surface area contributed by atoms with E-state index >= 15 is 0 Å². The van der Waals surface area contributed by atoms with Crippen molar-refractivity contribution in [1.29, 1.82) is 0 Å². The van der Waals surface area contributed by atoms with Crippen molar-refractivity contribution in [3.8, 4) is 17.0 Å². The van der Waals surface area contributed by atoms with Gasteiger partial charge in [0.15, 0.2) is 0 Å². The molecule has 6 nitrogen and oxygen atoms in total. The summed E-state index contributed by atoms with van der Waals surface area (Å²) in [7, 11) is 0. The number of amides is 1. The summed E-state index contributed by atoms with van der Waals surface area (Å²) in [6.07, 6.45) is 5.55. The van der Waals surface area contributed by atoms with Crippen LogP contribution < -0.4 is 10.1 Å². The number of benzene rings is 3. The van der Waals surface area contributed by atoms with E-state index in [-0.39, 0.29) is 5.91 Å². The van der Waals surface area contributed by atoms with Gasteiger partial charge in [-0.1, -0.05) is 42.5 Å². The minimum Gasteiger partial charge on any atom is -0.493 e. The number of hydrogen-bond donors (Lipinski definition) is 1. The minimum atomic E-state index is -0.206. The van der Waals surface area contributed by atoms with Crippen LogP contribution in [-0.4, -0.2) is 26.9 Å². The van der Waals surface area contributed by atoms with Gasteiger partial charge in [-0.25, -0.2) is 9.97 Å². The lowest BCUT2D eigenvalue weighted by Gasteiger charge is -2.15. The van der Waals surface area contributed by atoms with Crippen LogP contribution in [0.5, 0.6) is 5.75 Å². The molecule has 0 saturated heterocycles. The Balaban J connectivity index is 1.54. The van der Waals surface area contributed by atoms with E-state index in [4.69, 9.17) is 4.74 Å². The number of nitrogens with zero attached hydrogens (tertiary/aromatic N) is 3. The topological polar surface area (TPSA) is 68.5 Å². The monoisotopic (exact) mass is 422 g/mol. The summed E-state index contributed by atoms with van der Waals surface area (Å²) < 4.78 is 7.65. The third kappa shape index (κ3) is 3.56. The van der Waals surface area contributed by atoms with Crippen molar-refractivity contribution in [3.63, 3.8) is 0 Å². The zero-order chi connectivity index (χ0) is 22.1. The van der Waals surface area contributed by atoms with E-state index in [1.54, 1.807) is 6.20 Å². The first-order chi connectivity index (χ1) is 15.6. The Labute approximate surface area is 185 Å². The molecule has 5 aromatic rings. The molecule has 0 spiro atoms. The van der Waals surface area contributed by atoms with Gasteiger partial charge in [-0.05, 0) is 48.4 Å². The van der Waals surface area contributed by atoms with Gasteiger partial charge in [0.1, 0.15) is 5.75 Å². The summed E-state index contributed by atoms with van der Waals surface area (Å²) in [6.45, 7) is 4.36. The summed E-state index contributed by atoms with van der Waals surface area (Å²) in [5.74, 6) is 0.997. The quantitative estimate of drug-likeness (QED) is 0.406. The van der Waals surface area contributed by atoms with Crippen LogP contribution in [-0.2, 0) is 0 Å². The lowest BCUT2D eigenvalue weighted by atomic mass is 10.0. The number of anilines is 1. The van der Waals surface area contributed by atoms with Crippen molar-refractivity contribution in [3.05, 3.63) is 90.4 Å². The maximum atomic E-state index is 13.4. The van der Waals surface area contributed by atoms with Gasteiger partial charge >= 0.3 is 0 Å². The van der Waals surface area contributed by atoms with Crippen LogP contribution in [0.4, 0.5) is 5.69 Å². The van der Waals surface area contributed by atoms with Crippen LogP contribution in [0.2, 0.25) is 0 Å². The standard InChI is InChI=1S/C26H22N4O2/c1-3-32-23-12-11-18-7-4-5-8-20(18)24(23)25(31)28-21-15-19(10-9-17(21)2)22-16-30-14-6-13-27-26(30)29-22/h4-16H,3H2,1-2H3,(H,28,31). The van der Waals surface area contributed by atoms with E-state index in [9.17, 15) is 4.79 Å². The fourth-order valence-corrected chi connectivity index (χ4v) is 3.83. The number of imidazole rings is 1. The summed E-state index contributed by atoms with van der Waals surface area (Å²) in [6, 6.07) is 19.4. The average Bonchev–Trinajstić information content (AvgIpc) is 3.25. The first-order valence-corrected chi connectivity index (χ1v) is 10.5. The summed E-state index contributed by atoms with van der Waals surface area (Å²) in [4.78, 5) is 22.3. The average molecular weight is 422 g/mol. The van der Waals surface area contributed by atoms with Gasteiger partial charge < -0.3 is 10.1 Å². The van der Waals surface area contributed by atoms with Gasteiger partial charge in [0.2, 0.25) is 5.78 Å². The molecule has 0 saturated carbocycles. The molecule has 158 valence electrons. The van der Waals surface area contributed by atoms with Crippen molar-refractivity contribution in [2.24, 2.45) is 0 Å². The Morgan fingerprint density at radius 3 is 2.81 bits per heavy atom. The fourth-order valence-electron chi connectivity index (χ4n) is 3.83. The minimum absolute atomic E-state index is 0.206. The zero-order valence-electron chi connectivity index (χ0n) is 17.9. The molecule has 2 aromatic heterocycles. The number of ether oxygens (including phenoxy) is 1. The molecule has 6 heteroatoms. The van der Waals surface area contributed by atoms with Crippen molar-refractivity contribution in [2.45, 2.75) is 13.8 Å².